The number of ether oxygens (including phenoxy) is 1. The summed E-state index contributed by atoms with van der Waals surface area (Å²) in [5, 5.41) is 2.06. The number of pyridine rings is 1. The average molecular weight is 309 g/mol. The van der Waals surface area contributed by atoms with E-state index in [9.17, 15) is 0 Å². The van der Waals surface area contributed by atoms with Gasteiger partial charge in [-0.15, -0.1) is 11.3 Å². The van der Waals surface area contributed by atoms with Crippen LogP contribution < -0.4 is 4.74 Å². The minimum atomic E-state index is 0.564. The van der Waals surface area contributed by atoms with Crippen molar-refractivity contribution in [3.05, 3.63) is 58.4 Å². The molecule has 4 nitrogen and oxygen atoms in total. The molecule has 0 aromatic carbocycles. The second-order valence-corrected chi connectivity index (χ2v) is 6.31. The molecule has 0 aliphatic heterocycles. The fraction of sp³-hybridized carbons (Fsp3) is 0.235. The number of hydrogen-bond donors (Lipinski definition) is 0. The molecule has 0 N–H and O–H groups in total. The lowest BCUT2D eigenvalue weighted by Gasteiger charge is -2.11. The van der Waals surface area contributed by atoms with Crippen molar-refractivity contribution < 1.29 is 4.74 Å². The molecule has 3 aromatic rings. The highest BCUT2D eigenvalue weighted by atomic mass is 32.1. The predicted molar refractivity (Wildman–Crippen MR) is 85.9 cm³/mol. The van der Waals surface area contributed by atoms with Crippen molar-refractivity contribution in [3.8, 4) is 17.0 Å². The third kappa shape index (κ3) is 2.60. The van der Waals surface area contributed by atoms with E-state index in [1.807, 2.05) is 24.5 Å². The maximum Gasteiger partial charge on any atom is 0.214 e. The second-order valence-electron chi connectivity index (χ2n) is 5.28. The van der Waals surface area contributed by atoms with Crippen LogP contribution in [0.1, 0.15) is 22.6 Å². The third-order valence-corrected chi connectivity index (χ3v) is 4.69. The molecule has 3 aromatic heterocycles. The first-order chi connectivity index (χ1) is 10.9. The summed E-state index contributed by atoms with van der Waals surface area (Å²) < 4.78 is 5.90. The summed E-state index contributed by atoms with van der Waals surface area (Å²) in [6.45, 7) is 0.564. The van der Waals surface area contributed by atoms with Crippen LogP contribution in [0.25, 0.3) is 11.1 Å². The topological polar surface area (TPSA) is 47.9 Å². The van der Waals surface area contributed by atoms with Crippen molar-refractivity contribution >= 4 is 11.3 Å². The lowest BCUT2D eigenvalue weighted by molar-refractivity contribution is 0.296. The van der Waals surface area contributed by atoms with Gasteiger partial charge in [0.1, 0.15) is 12.9 Å². The zero-order chi connectivity index (χ0) is 14.8. The summed E-state index contributed by atoms with van der Waals surface area (Å²) in [7, 11) is 0. The highest BCUT2D eigenvalue weighted by molar-refractivity contribution is 7.09. The summed E-state index contributed by atoms with van der Waals surface area (Å²) in [6.07, 6.45) is 8.49. The summed E-state index contributed by atoms with van der Waals surface area (Å²) in [6, 6.07) is 6.13. The van der Waals surface area contributed by atoms with Gasteiger partial charge in [-0.1, -0.05) is 6.07 Å². The second kappa shape index (κ2) is 5.85. The molecule has 0 radical (unpaired) electrons. The predicted octanol–water partition coefficient (Wildman–Crippen LogP) is 3.67. The molecule has 4 rings (SSSR count). The Bertz CT molecular complexity index is 772. The zero-order valence-electron chi connectivity index (χ0n) is 12.0. The van der Waals surface area contributed by atoms with E-state index in [-0.39, 0.29) is 0 Å². The molecule has 3 heterocycles. The van der Waals surface area contributed by atoms with Gasteiger partial charge in [-0.3, -0.25) is 0 Å². The maximum absolute atomic E-state index is 5.90. The minimum absolute atomic E-state index is 0.564. The van der Waals surface area contributed by atoms with Gasteiger partial charge in [-0.25, -0.2) is 15.0 Å². The van der Waals surface area contributed by atoms with Gasteiger partial charge in [0, 0.05) is 34.6 Å². The molecular formula is C17H15N3OS. The Kier molecular flexibility index (Phi) is 3.56. The van der Waals surface area contributed by atoms with E-state index in [2.05, 4.69) is 26.4 Å². The molecule has 0 saturated carbocycles. The molecular weight excluding hydrogens is 294 g/mol. The Hall–Kier alpha value is -2.27. The quantitative estimate of drug-likeness (QED) is 0.738. The first kappa shape index (κ1) is 13.4. The number of fused-ring (bicyclic) bond motifs is 1. The summed E-state index contributed by atoms with van der Waals surface area (Å²) in [5.74, 6) is 0.688. The van der Waals surface area contributed by atoms with Gasteiger partial charge < -0.3 is 4.74 Å². The van der Waals surface area contributed by atoms with Crippen molar-refractivity contribution in [1.29, 1.82) is 0 Å². The van der Waals surface area contributed by atoms with Crippen LogP contribution in [0.5, 0.6) is 5.88 Å². The van der Waals surface area contributed by atoms with Crippen LogP contribution in [0.2, 0.25) is 0 Å². The zero-order valence-corrected chi connectivity index (χ0v) is 12.8. The molecule has 1 aliphatic rings. The highest BCUT2D eigenvalue weighted by Gasteiger charge is 2.19. The Balaban J connectivity index is 1.68. The monoisotopic (exact) mass is 309 g/mol. The van der Waals surface area contributed by atoms with Crippen molar-refractivity contribution in [2.24, 2.45) is 0 Å². The molecule has 0 fully saturated rings. The van der Waals surface area contributed by atoms with Crippen molar-refractivity contribution in [1.82, 2.24) is 15.0 Å². The summed E-state index contributed by atoms with van der Waals surface area (Å²) in [5.41, 5.74) is 4.66. The number of aryl methyl sites for hydroxylation is 1. The van der Waals surface area contributed by atoms with Gasteiger partial charge in [-0.05, 0) is 41.8 Å². The molecule has 0 unspecified atom stereocenters. The van der Waals surface area contributed by atoms with Crippen molar-refractivity contribution in [3.63, 3.8) is 0 Å². The average Bonchev–Trinajstić information content (AvgIpc) is 3.24. The highest BCUT2D eigenvalue weighted by Crippen LogP contribution is 2.33. The normalized spacial score (nSPS) is 13.1. The standard InChI is InChI=1S/C17H15N3OS/c1-4-14-15(12-8-18-11-19-9-12)7-17(20-16(14)5-1)21-10-13-3-2-6-22-13/h2-3,6-9,11H,1,4-5,10H2. The lowest BCUT2D eigenvalue weighted by Crippen LogP contribution is -2.00. The molecule has 22 heavy (non-hydrogen) atoms. The SMILES string of the molecule is c1csc(COc2cc(-c3cncnc3)c3c(n2)CCC3)c1. The Morgan fingerprint density at radius 2 is 2.09 bits per heavy atom. The van der Waals surface area contributed by atoms with Crippen LogP contribution in [0.4, 0.5) is 0 Å². The molecule has 5 heteroatoms. The van der Waals surface area contributed by atoms with Crippen molar-refractivity contribution in [2.75, 3.05) is 0 Å². The summed E-state index contributed by atoms with van der Waals surface area (Å²) in [4.78, 5) is 14.1. The molecule has 0 bridgehead atoms. The van der Waals surface area contributed by atoms with Crippen LogP contribution in [0.15, 0.2) is 42.3 Å². The summed E-state index contributed by atoms with van der Waals surface area (Å²) >= 11 is 1.70. The lowest BCUT2D eigenvalue weighted by atomic mass is 10.0. The van der Waals surface area contributed by atoms with E-state index >= 15 is 0 Å². The fourth-order valence-corrected chi connectivity index (χ4v) is 3.44. The third-order valence-electron chi connectivity index (χ3n) is 3.84. The van der Waals surface area contributed by atoms with Gasteiger partial charge in [0.2, 0.25) is 5.88 Å². The van der Waals surface area contributed by atoms with Gasteiger partial charge in [-0.2, -0.15) is 0 Å². The van der Waals surface area contributed by atoms with Gasteiger partial charge in [0.05, 0.1) is 0 Å². The molecule has 0 spiro atoms. The molecule has 0 saturated heterocycles. The Labute approximate surface area is 132 Å². The van der Waals surface area contributed by atoms with Crippen LogP contribution in [0, 0.1) is 0 Å². The molecule has 1 aliphatic carbocycles. The molecule has 110 valence electrons. The fourth-order valence-electron chi connectivity index (χ4n) is 2.83. The van der Waals surface area contributed by atoms with E-state index in [4.69, 9.17) is 4.74 Å². The smallest absolute Gasteiger partial charge is 0.214 e. The van der Waals surface area contributed by atoms with Crippen molar-refractivity contribution in [2.45, 2.75) is 25.9 Å². The van der Waals surface area contributed by atoms with Crippen LogP contribution in [-0.2, 0) is 19.4 Å². The van der Waals surface area contributed by atoms with E-state index < -0.39 is 0 Å². The molecule has 0 amide bonds. The largest absolute Gasteiger partial charge is 0.472 e. The van der Waals surface area contributed by atoms with E-state index in [1.54, 1.807) is 17.7 Å². The van der Waals surface area contributed by atoms with Crippen LogP contribution in [-0.4, -0.2) is 15.0 Å². The van der Waals surface area contributed by atoms with E-state index in [0.29, 0.717) is 12.5 Å². The Morgan fingerprint density at radius 1 is 1.18 bits per heavy atom. The minimum Gasteiger partial charge on any atom is -0.472 e. The maximum atomic E-state index is 5.90. The van der Waals surface area contributed by atoms with Gasteiger partial charge in [0.15, 0.2) is 0 Å². The van der Waals surface area contributed by atoms with Gasteiger partial charge >= 0.3 is 0 Å². The van der Waals surface area contributed by atoms with E-state index in [1.165, 1.54) is 10.4 Å². The number of nitrogens with zero attached hydrogens (tertiary/aromatic N) is 3. The van der Waals surface area contributed by atoms with Crippen LogP contribution in [0.3, 0.4) is 0 Å². The Morgan fingerprint density at radius 3 is 2.91 bits per heavy atom. The van der Waals surface area contributed by atoms with Gasteiger partial charge in [0.25, 0.3) is 0 Å². The van der Waals surface area contributed by atoms with Crippen LogP contribution >= 0.6 is 11.3 Å². The number of thiophene rings is 1. The first-order valence-electron chi connectivity index (χ1n) is 7.33. The number of rotatable bonds is 4. The number of hydrogen-bond acceptors (Lipinski definition) is 5. The first-order valence-corrected chi connectivity index (χ1v) is 8.21. The number of aromatic nitrogens is 3. The van der Waals surface area contributed by atoms with E-state index in [0.717, 1.165) is 36.1 Å². The molecule has 0 atom stereocenters.